The number of fused-ring (bicyclic) bond motifs is 1. The number of hydrogen-bond acceptors (Lipinski definition) is 7. The quantitative estimate of drug-likeness (QED) is 0.831. The summed E-state index contributed by atoms with van der Waals surface area (Å²) in [5.41, 5.74) is 0.859. The maximum atomic E-state index is 12.9. The second-order valence-corrected chi connectivity index (χ2v) is 7.33. The van der Waals surface area contributed by atoms with Crippen molar-refractivity contribution in [2.45, 2.75) is 25.0 Å². The highest BCUT2D eigenvalue weighted by Crippen LogP contribution is 2.41. The van der Waals surface area contributed by atoms with Crippen molar-refractivity contribution in [1.82, 2.24) is 10.3 Å². The van der Waals surface area contributed by atoms with Crippen molar-refractivity contribution in [3.8, 4) is 17.2 Å². The van der Waals surface area contributed by atoms with Crippen LogP contribution in [0, 0.1) is 5.92 Å². The minimum Gasteiger partial charge on any atom is -0.495 e. The Morgan fingerprint density at radius 2 is 2.19 bits per heavy atom. The monoisotopic (exact) mass is 376 g/mol. The van der Waals surface area contributed by atoms with Crippen molar-refractivity contribution in [1.29, 1.82) is 0 Å². The third-order valence-corrected chi connectivity index (χ3v) is 5.68. The molecule has 2 N–H and O–H groups in total. The van der Waals surface area contributed by atoms with Crippen LogP contribution in [-0.2, 0) is 0 Å². The molecule has 1 atom stereocenters. The van der Waals surface area contributed by atoms with Crippen LogP contribution in [0.15, 0.2) is 23.8 Å². The zero-order chi connectivity index (χ0) is 18.1. The molecule has 0 saturated heterocycles. The van der Waals surface area contributed by atoms with E-state index in [1.54, 1.807) is 24.9 Å². The largest absolute Gasteiger partial charge is 0.495 e. The van der Waals surface area contributed by atoms with E-state index in [1.165, 1.54) is 11.3 Å². The Balaban J connectivity index is 1.58. The number of hydrogen-bond donors (Lipinski definition) is 2. The second kappa shape index (κ2) is 7.13. The zero-order valence-corrected chi connectivity index (χ0v) is 15.1. The molecular weight excluding hydrogens is 356 g/mol. The lowest BCUT2D eigenvalue weighted by molar-refractivity contribution is 0.0234. The molecule has 1 aliphatic heterocycles. The standard InChI is InChI=1S/C18H20N2O5S/c1-23-13-6-11(7-19-8-13)15(10-4-12(21)5-10)20-18(22)17-16-14(9-26-17)24-2-3-25-16/h6-10,12,15,21H,2-5H2,1H3,(H,20,22)/t10?,12?,15-/m1/s1. The van der Waals surface area contributed by atoms with Crippen LogP contribution in [0.3, 0.4) is 0 Å². The highest BCUT2D eigenvalue weighted by Gasteiger charge is 2.37. The third-order valence-electron chi connectivity index (χ3n) is 4.74. The number of carbonyl (C=O) groups excluding carboxylic acids is 1. The fourth-order valence-corrected chi connectivity index (χ4v) is 4.15. The Hall–Kier alpha value is -2.32. The molecule has 2 aliphatic rings. The Bertz CT molecular complexity index is 803. The van der Waals surface area contributed by atoms with Crippen LogP contribution in [0.1, 0.15) is 34.1 Å². The van der Waals surface area contributed by atoms with Gasteiger partial charge in [0.15, 0.2) is 11.5 Å². The van der Waals surface area contributed by atoms with Crippen LogP contribution in [0.5, 0.6) is 17.2 Å². The number of methoxy groups -OCH3 is 1. The normalized spacial score (nSPS) is 22.2. The number of thiophene rings is 1. The number of aliphatic hydroxyl groups is 1. The molecule has 0 bridgehead atoms. The Morgan fingerprint density at radius 3 is 2.96 bits per heavy atom. The van der Waals surface area contributed by atoms with Crippen LogP contribution in [0.4, 0.5) is 0 Å². The van der Waals surface area contributed by atoms with E-state index in [2.05, 4.69) is 10.3 Å². The summed E-state index contributed by atoms with van der Waals surface area (Å²) >= 11 is 1.30. The molecular formula is C18H20N2O5S. The Labute approximate surface area is 154 Å². The summed E-state index contributed by atoms with van der Waals surface area (Å²) in [4.78, 5) is 17.6. The lowest BCUT2D eigenvalue weighted by Crippen LogP contribution is -2.41. The molecule has 3 heterocycles. The SMILES string of the molecule is COc1cncc([C@H](NC(=O)c2scc3c2OCCO3)C2CC(O)C2)c1. The fourth-order valence-electron chi connectivity index (χ4n) is 3.32. The molecule has 2 aromatic rings. The van der Waals surface area contributed by atoms with Gasteiger partial charge in [0.05, 0.1) is 25.5 Å². The van der Waals surface area contributed by atoms with E-state index in [9.17, 15) is 9.90 Å². The molecule has 0 unspecified atom stereocenters. The van der Waals surface area contributed by atoms with Gasteiger partial charge in [-0.25, -0.2) is 0 Å². The lowest BCUT2D eigenvalue weighted by Gasteiger charge is -2.38. The summed E-state index contributed by atoms with van der Waals surface area (Å²) in [5.74, 6) is 1.69. The predicted octanol–water partition coefficient (Wildman–Crippen LogP) is 2.16. The van der Waals surface area contributed by atoms with E-state index in [-0.39, 0.29) is 24.0 Å². The molecule has 1 aliphatic carbocycles. The first-order valence-corrected chi connectivity index (χ1v) is 9.38. The highest BCUT2D eigenvalue weighted by molar-refractivity contribution is 7.12. The van der Waals surface area contributed by atoms with Crippen LogP contribution in [0.25, 0.3) is 0 Å². The minimum absolute atomic E-state index is 0.149. The number of nitrogens with zero attached hydrogens (tertiary/aromatic N) is 1. The van der Waals surface area contributed by atoms with Crippen LogP contribution in [-0.4, -0.2) is 42.4 Å². The van der Waals surface area contributed by atoms with Crippen molar-refractivity contribution in [2.24, 2.45) is 5.92 Å². The number of ether oxygens (including phenoxy) is 3. The summed E-state index contributed by atoms with van der Waals surface area (Å²) in [5, 5.41) is 14.6. The molecule has 1 amide bonds. The van der Waals surface area contributed by atoms with Gasteiger partial charge >= 0.3 is 0 Å². The minimum atomic E-state index is -0.316. The van der Waals surface area contributed by atoms with Gasteiger partial charge in [-0.15, -0.1) is 11.3 Å². The number of amides is 1. The lowest BCUT2D eigenvalue weighted by atomic mass is 9.75. The molecule has 1 fully saturated rings. The first kappa shape index (κ1) is 17.1. The number of aliphatic hydroxyl groups excluding tert-OH is 1. The van der Waals surface area contributed by atoms with E-state index < -0.39 is 0 Å². The van der Waals surface area contributed by atoms with Gasteiger partial charge in [0, 0.05) is 11.6 Å². The predicted molar refractivity (Wildman–Crippen MR) is 95.0 cm³/mol. The summed E-state index contributed by atoms with van der Waals surface area (Å²) < 4.78 is 16.4. The first-order valence-electron chi connectivity index (χ1n) is 8.50. The topological polar surface area (TPSA) is 89.9 Å². The van der Waals surface area contributed by atoms with Gasteiger partial charge in [0.25, 0.3) is 5.91 Å². The first-order chi connectivity index (χ1) is 12.7. The molecule has 1 saturated carbocycles. The molecule has 8 heteroatoms. The maximum absolute atomic E-state index is 12.9. The Kier molecular flexibility index (Phi) is 4.69. The molecule has 0 aromatic carbocycles. The molecule has 2 aromatic heterocycles. The van der Waals surface area contributed by atoms with E-state index >= 15 is 0 Å². The van der Waals surface area contributed by atoms with E-state index in [0.717, 1.165) is 5.56 Å². The second-order valence-electron chi connectivity index (χ2n) is 6.45. The van der Waals surface area contributed by atoms with Crippen molar-refractivity contribution < 1.29 is 24.1 Å². The van der Waals surface area contributed by atoms with Crippen molar-refractivity contribution >= 4 is 17.2 Å². The van der Waals surface area contributed by atoms with Crippen LogP contribution >= 0.6 is 11.3 Å². The van der Waals surface area contributed by atoms with Gasteiger partial charge in [0.2, 0.25) is 0 Å². The Morgan fingerprint density at radius 1 is 1.38 bits per heavy atom. The van der Waals surface area contributed by atoms with Gasteiger partial charge in [0.1, 0.15) is 23.8 Å². The van der Waals surface area contributed by atoms with E-state index in [0.29, 0.717) is 48.2 Å². The molecule has 26 heavy (non-hydrogen) atoms. The van der Waals surface area contributed by atoms with Crippen molar-refractivity contribution in [2.75, 3.05) is 20.3 Å². The summed E-state index contributed by atoms with van der Waals surface area (Å²) in [6.07, 6.45) is 4.32. The van der Waals surface area contributed by atoms with E-state index in [4.69, 9.17) is 14.2 Å². The number of nitrogens with one attached hydrogen (secondary N) is 1. The number of rotatable bonds is 5. The number of pyridine rings is 1. The highest BCUT2D eigenvalue weighted by atomic mass is 32.1. The molecule has 138 valence electrons. The van der Waals surface area contributed by atoms with E-state index in [1.807, 2.05) is 6.07 Å². The van der Waals surface area contributed by atoms with Gasteiger partial charge in [-0.05, 0) is 30.4 Å². The number of aromatic nitrogens is 1. The van der Waals surface area contributed by atoms with Crippen LogP contribution < -0.4 is 19.5 Å². The fraction of sp³-hybridized carbons (Fsp3) is 0.444. The maximum Gasteiger partial charge on any atom is 0.265 e. The molecule has 0 spiro atoms. The van der Waals surface area contributed by atoms with Crippen molar-refractivity contribution in [3.63, 3.8) is 0 Å². The molecule has 4 rings (SSSR count). The average molecular weight is 376 g/mol. The van der Waals surface area contributed by atoms with Crippen molar-refractivity contribution in [3.05, 3.63) is 34.3 Å². The van der Waals surface area contributed by atoms with Gasteiger partial charge in [-0.1, -0.05) is 0 Å². The third kappa shape index (κ3) is 3.22. The molecule has 7 nitrogen and oxygen atoms in total. The summed E-state index contributed by atoms with van der Waals surface area (Å²) in [7, 11) is 1.58. The number of carbonyl (C=O) groups is 1. The van der Waals surface area contributed by atoms with Gasteiger partial charge in [-0.3, -0.25) is 9.78 Å². The van der Waals surface area contributed by atoms with Crippen LogP contribution in [0.2, 0.25) is 0 Å². The summed E-state index contributed by atoms with van der Waals surface area (Å²) in [6.45, 7) is 0.922. The molecule has 0 radical (unpaired) electrons. The summed E-state index contributed by atoms with van der Waals surface area (Å²) in [6, 6.07) is 1.61. The van der Waals surface area contributed by atoms with Gasteiger partial charge in [-0.2, -0.15) is 0 Å². The average Bonchev–Trinajstić information content (AvgIpc) is 3.08. The zero-order valence-electron chi connectivity index (χ0n) is 14.3. The van der Waals surface area contributed by atoms with Gasteiger partial charge < -0.3 is 24.6 Å². The smallest absolute Gasteiger partial charge is 0.265 e.